The van der Waals surface area contributed by atoms with E-state index in [4.69, 9.17) is 11.6 Å². The maximum absolute atomic E-state index is 12.2. The van der Waals surface area contributed by atoms with Gasteiger partial charge in [0.25, 0.3) is 6.43 Å². The lowest BCUT2D eigenvalue weighted by Gasteiger charge is -2.03. The first-order chi connectivity index (χ1) is 5.63. The Morgan fingerprint density at radius 2 is 2.00 bits per heavy atom. The molecule has 3 heteroatoms. The summed E-state index contributed by atoms with van der Waals surface area (Å²) in [5, 5.41) is 0. The zero-order valence-corrected chi connectivity index (χ0v) is 7.41. The van der Waals surface area contributed by atoms with Gasteiger partial charge in [-0.15, -0.1) is 11.6 Å². The third-order valence-electron chi connectivity index (χ3n) is 1.57. The molecule has 0 unspecified atom stereocenters. The lowest BCUT2D eigenvalue weighted by atomic mass is 10.1. The van der Waals surface area contributed by atoms with Crippen molar-refractivity contribution in [3.8, 4) is 0 Å². The Bertz CT molecular complexity index is 271. The maximum Gasteiger partial charge on any atom is 0.263 e. The maximum atomic E-state index is 12.2. The minimum Gasteiger partial charge on any atom is -0.205 e. The number of halogens is 3. The highest BCUT2D eigenvalue weighted by Gasteiger charge is 2.07. The van der Waals surface area contributed by atoms with Gasteiger partial charge in [-0.25, -0.2) is 8.78 Å². The van der Waals surface area contributed by atoms with E-state index in [-0.39, 0.29) is 11.4 Å². The van der Waals surface area contributed by atoms with Crippen LogP contribution in [0.25, 0.3) is 0 Å². The number of hydrogen-bond acceptors (Lipinski definition) is 0. The molecule has 1 rings (SSSR count). The van der Waals surface area contributed by atoms with Crippen LogP contribution in [0, 0.1) is 6.92 Å². The number of benzene rings is 1. The second kappa shape index (κ2) is 3.85. The van der Waals surface area contributed by atoms with E-state index in [1.54, 1.807) is 13.0 Å². The predicted molar refractivity (Wildman–Crippen MR) is 45.7 cm³/mol. The highest BCUT2D eigenvalue weighted by molar-refractivity contribution is 6.17. The summed E-state index contributed by atoms with van der Waals surface area (Å²) in [5.74, 6) is 0.279. The van der Waals surface area contributed by atoms with Crippen LogP contribution < -0.4 is 0 Å². The summed E-state index contributed by atoms with van der Waals surface area (Å²) in [6.07, 6.45) is -2.41. The van der Waals surface area contributed by atoms with Crippen LogP contribution in [-0.2, 0) is 5.88 Å². The fourth-order valence-electron chi connectivity index (χ4n) is 1.10. The fourth-order valence-corrected chi connectivity index (χ4v) is 1.25. The molecule has 12 heavy (non-hydrogen) atoms. The number of rotatable bonds is 2. The van der Waals surface area contributed by atoms with Gasteiger partial charge in [0.2, 0.25) is 0 Å². The van der Waals surface area contributed by atoms with Gasteiger partial charge in [-0.1, -0.05) is 17.7 Å². The summed E-state index contributed by atoms with van der Waals surface area (Å²) in [4.78, 5) is 0. The number of aryl methyl sites for hydroxylation is 1. The van der Waals surface area contributed by atoms with Gasteiger partial charge < -0.3 is 0 Å². The summed E-state index contributed by atoms with van der Waals surface area (Å²) >= 11 is 5.53. The van der Waals surface area contributed by atoms with E-state index < -0.39 is 6.43 Å². The third-order valence-corrected chi connectivity index (χ3v) is 1.87. The van der Waals surface area contributed by atoms with Crippen molar-refractivity contribution in [3.05, 3.63) is 34.9 Å². The molecule has 0 aliphatic carbocycles. The largest absolute Gasteiger partial charge is 0.263 e. The van der Waals surface area contributed by atoms with E-state index in [0.717, 1.165) is 11.1 Å². The summed E-state index contributed by atoms with van der Waals surface area (Å²) in [7, 11) is 0. The fraction of sp³-hybridized carbons (Fsp3) is 0.333. The molecule has 1 aromatic carbocycles. The van der Waals surface area contributed by atoms with E-state index in [2.05, 4.69) is 0 Å². The quantitative estimate of drug-likeness (QED) is 0.625. The number of hydrogen-bond donors (Lipinski definition) is 0. The van der Waals surface area contributed by atoms with E-state index in [9.17, 15) is 8.78 Å². The van der Waals surface area contributed by atoms with Crippen molar-refractivity contribution in [2.24, 2.45) is 0 Å². The lowest BCUT2D eigenvalue weighted by Crippen LogP contribution is -1.88. The molecule has 0 spiro atoms. The first-order valence-corrected chi connectivity index (χ1v) is 4.11. The normalized spacial score (nSPS) is 10.8. The van der Waals surface area contributed by atoms with E-state index in [1.165, 1.54) is 12.1 Å². The van der Waals surface area contributed by atoms with Crippen LogP contribution in [0.1, 0.15) is 23.1 Å². The Balaban J connectivity index is 3.06. The molecule has 0 fully saturated rings. The van der Waals surface area contributed by atoms with Crippen molar-refractivity contribution in [2.45, 2.75) is 19.2 Å². The first-order valence-electron chi connectivity index (χ1n) is 3.58. The highest BCUT2D eigenvalue weighted by atomic mass is 35.5. The molecular weight excluding hydrogens is 182 g/mol. The Hall–Kier alpha value is -0.630. The molecule has 1 aromatic rings. The summed E-state index contributed by atoms with van der Waals surface area (Å²) in [5.41, 5.74) is 1.61. The molecule has 0 saturated heterocycles. The molecule has 0 heterocycles. The average Bonchev–Trinajstić information content (AvgIpc) is 2.03. The molecule has 0 N–H and O–H groups in total. The van der Waals surface area contributed by atoms with Gasteiger partial charge in [-0.05, 0) is 18.6 Å². The van der Waals surface area contributed by atoms with Crippen molar-refractivity contribution < 1.29 is 8.78 Å². The van der Waals surface area contributed by atoms with E-state index >= 15 is 0 Å². The molecule has 0 radical (unpaired) electrons. The second-order valence-electron chi connectivity index (χ2n) is 2.69. The van der Waals surface area contributed by atoms with Crippen molar-refractivity contribution >= 4 is 11.6 Å². The molecule has 66 valence electrons. The van der Waals surface area contributed by atoms with Gasteiger partial charge >= 0.3 is 0 Å². The van der Waals surface area contributed by atoms with Gasteiger partial charge in [0, 0.05) is 11.4 Å². The van der Waals surface area contributed by atoms with E-state index in [1.807, 2.05) is 0 Å². The van der Waals surface area contributed by atoms with Crippen molar-refractivity contribution in [2.75, 3.05) is 0 Å². The third kappa shape index (κ3) is 2.18. The van der Waals surface area contributed by atoms with Gasteiger partial charge in [0.15, 0.2) is 0 Å². The van der Waals surface area contributed by atoms with Gasteiger partial charge in [-0.2, -0.15) is 0 Å². The lowest BCUT2D eigenvalue weighted by molar-refractivity contribution is 0.151. The Labute approximate surface area is 75.2 Å². The Morgan fingerprint density at radius 3 is 2.50 bits per heavy atom. The minimum absolute atomic E-state index is 0.0469. The van der Waals surface area contributed by atoms with Gasteiger partial charge in [0.1, 0.15) is 0 Å². The van der Waals surface area contributed by atoms with Crippen LogP contribution in [0.2, 0.25) is 0 Å². The van der Waals surface area contributed by atoms with Gasteiger partial charge in [-0.3, -0.25) is 0 Å². The molecule has 0 amide bonds. The van der Waals surface area contributed by atoms with Crippen LogP contribution in [0.4, 0.5) is 8.78 Å². The molecule has 0 bridgehead atoms. The van der Waals surface area contributed by atoms with E-state index in [0.29, 0.717) is 0 Å². The minimum atomic E-state index is -2.41. The van der Waals surface area contributed by atoms with Crippen molar-refractivity contribution in [3.63, 3.8) is 0 Å². The summed E-state index contributed by atoms with van der Waals surface area (Å²) in [6.45, 7) is 1.78. The second-order valence-corrected chi connectivity index (χ2v) is 2.95. The smallest absolute Gasteiger partial charge is 0.205 e. The Kier molecular flexibility index (Phi) is 3.04. The number of alkyl halides is 3. The predicted octanol–water partition coefficient (Wildman–Crippen LogP) is 3.67. The Morgan fingerprint density at radius 1 is 1.33 bits per heavy atom. The molecule has 0 aliphatic rings. The molecule has 0 nitrogen and oxygen atoms in total. The van der Waals surface area contributed by atoms with Crippen molar-refractivity contribution in [1.82, 2.24) is 0 Å². The van der Waals surface area contributed by atoms with Crippen LogP contribution >= 0.6 is 11.6 Å². The molecular formula is C9H9ClF2. The summed E-state index contributed by atoms with van der Waals surface area (Å²) in [6, 6.07) is 4.71. The van der Waals surface area contributed by atoms with Gasteiger partial charge in [0.05, 0.1) is 0 Å². The monoisotopic (exact) mass is 190 g/mol. The highest BCUT2D eigenvalue weighted by Crippen LogP contribution is 2.21. The molecule has 0 aliphatic heterocycles. The zero-order valence-electron chi connectivity index (χ0n) is 6.65. The van der Waals surface area contributed by atoms with Crippen LogP contribution in [-0.4, -0.2) is 0 Å². The first kappa shape index (κ1) is 9.46. The molecule has 0 saturated carbocycles. The topological polar surface area (TPSA) is 0 Å². The summed E-state index contributed by atoms with van der Waals surface area (Å²) < 4.78 is 24.4. The SMILES string of the molecule is Cc1cc(CCl)cc(C(F)F)c1. The van der Waals surface area contributed by atoms with Crippen LogP contribution in [0.15, 0.2) is 18.2 Å². The van der Waals surface area contributed by atoms with Crippen molar-refractivity contribution in [1.29, 1.82) is 0 Å². The molecule has 0 atom stereocenters. The average molecular weight is 191 g/mol. The van der Waals surface area contributed by atoms with Crippen LogP contribution in [0.3, 0.4) is 0 Å². The van der Waals surface area contributed by atoms with Crippen LogP contribution in [0.5, 0.6) is 0 Å². The molecule has 0 aromatic heterocycles. The standard InChI is InChI=1S/C9H9ClF2/c1-6-2-7(5-10)4-8(3-6)9(11)12/h2-4,9H,5H2,1H3. The zero-order chi connectivity index (χ0) is 9.14.